The minimum Gasteiger partial charge on any atom is -0.381 e. The molecule has 0 fully saturated rings. The summed E-state index contributed by atoms with van der Waals surface area (Å²) in [7, 11) is 0. The summed E-state index contributed by atoms with van der Waals surface area (Å²) in [5, 5.41) is 50.0. The third-order valence-electron chi connectivity index (χ3n) is 7.07. The van der Waals surface area contributed by atoms with Gasteiger partial charge in [0.1, 0.15) is 6.61 Å². The Morgan fingerprint density at radius 1 is 0.368 bits per heavy atom. The molecule has 0 unspecified atom stereocenters. The van der Waals surface area contributed by atoms with E-state index in [1.54, 1.807) is 0 Å². The third-order valence-corrected chi connectivity index (χ3v) is 7.07. The van der Waals surface area contributed by atoms with Gasteiger partial charge in [0.15, 0.2) is 0 Å². The van der Waals surface area contributed by atoms with Crippen molar-refractivity contribution in [3.05, 3.63) is 11.4 Å². The molecule has 18 nitrogen and oxygen atoms in total. The number of nitrogens with two attached hydrogens (primary N) is 7. The Hall–Kier alpha value is -2.60. The largest absolute Gasteiger partial charge is 0.381 e. The summed E-state index contributed by atoms with van der Waals surface area (Å²) in [6.07, 6.45) is 17.5. The van der Waals surface area contributed by atoms with Gasteiger partial charge < -0.3 is 71.8 Å². The van der Waals surface area contributed by atoms with Crippen LogP contribution in [0.2, 0.25) is 0 Å². The van der Waals surface area contributed by atoms with Gasteiger partial charge >= 0.3 is 0 Å². The zero-order chi connectivity index (χ0) is 43.8. The Morgan fingerprint density at radius 2 is 0.632 bits per heavy atom. The number of aliphatic hydroxyl groups excluding tert-OH is 1. The summed E-state index contributed by atoms with van der Waals surface area (Å²) in [6.45, 7) is 21.7. The van der Waals surface area contributed by atoms with Gasteiger partial charge in [-0.25, -0.2) is 6.57 Å². The first-order valence-electron chi connectivity index (χ1n) is 21.2. The maximum atomic E-state index is 8.22. The highest BCUT2D eigenvalue weighted by atomic mass is 16.2. The van der Waals surface area contributed by atoms with Crippen molar-refractivity contribution < 1.29 is 5.11 Å². The third kappa shape index (κ3) is 106. The fraction of sp³-hybridized carbons (Fsp3) is 0.897. The zero-order valence-corrected chi connectivity index (χ0v) is 36.0. The molecule has 0 amide bonds. The van der Waals surface area contributed by atoms with E-state index >= 15 is 0 Å². The standard InChI is InChI=1S/C9H16N4.C9H24N4.C7H19N3.C7H15N3.C5H14N2.C2H3NO/c1-11-9-13-7-4-2-3-6-12-8-5-10;10-4-8-12-6-2-1-3-7-13-9-5-11;2*8-4-2-1-3-6-10-7-5-9;6-4-2-1-3-5-7;3-1-2-4/h12-13H,2-4,6-9H2;12-13H,1-11H2;10H,1-9H2;10H,1-4,6-8H2;1-7H2;4H,2H2. The van der Waals surface area contributed by atoms with Gasteiger partial charge in [-0.05, 0) is 123 Å². The van der Waals surface area contributed by atoms with Crippen LogP contribution in [0.5, 0.6) is 0 Å². The zero-order valence-electron chi connectivity index (χ0n) is 36.0. The van der Waals surface area contributed by atoms with E-state index in [0.29, 0.717) is 19.8 Å². The predicted octanol–water partition coefficient (Wildman–Crippen LogP) is -0.542. The monoisotopic (exact) mass is 814 g/mol. The normalized spacial score (nSPS) is 9.40. The van der Waals surface area contributed by atoms with Crippen LogP contribution in [0.4, 0.5) is 0 Å². The molecule has 338 valence electrons. The highest BCUT2D eigenvalue weighted by molar-refractivity contribution is 4.72. The molecule has 0 rings (SSSR count). The second-order valence-electron chi connectivity index (χ2n) is 12.4. The Labute approximate surface area is 349 Å². The molecule has 0 saturated heterocycles. The number of nitrogens with one attached hydrogen (secondary N) is 6. The summed E-state index contributed by atoms with van der Waals surface area (Å²) in [6, 6.07) is 5.54. The molecule has 0 heterocycles. The minimum atomic E-state index is -0.375. The minimum absolute atomic E-state index is 0.375. The molecule has 0 bridgehead atoms. The Kier molecular flexibility index (Phi) is 94.8. The van der Waals surface area contributed by atoms with Crippen LogP contribution in [0, 0.1) is 40.6 Å². The highest BCUT2D eigenvalue weighted by Gasteiger charge is 1.91. The number of rotatable bonds is 35. The van der Waals surface area contributed by atoms with E-state index in [-0.39, 0.29) is 6.61 Å². The van der Waals surface area contributed by atoms with Crippen molar-refractivity contribution in [1.29, 1.82) is 15.8 Å². The molecule has 0 aromatic carbocycles. The Bertz CT molecular complexity index is 760. The lowest BCUT2D eigenvalue weighted by Crippen LogP contribution is -2.24. The second kappa shape index (κ2) is 81.6. The highest BCUT2D eigenvalue weighted by Crippen LogP contribution is 1.93. The van der Waals surface area contributed by atoms with E-state index < -0.39 is 0 Å². The van der Waals surface area contributed by atoms with Crippen molar-refractivity contribution >= 4 is 0 Å². The summed E-state index contributed by atoms with van der Waals surface area (Å²) in [5.74, 6) is 0. The molecule has 0 radical (unpaired) electrons. The molecule has 57 heavy (non-hydrogen) atoms. The summed E-state index contributed by atoms with van der Waals surface area (Å²) in [4.78, 5) is 3.18. The van der Waals surface area contributed by atoms with Crippen molar-refractivity contribution in [1.82, 2.24) is 31.9 Å². The van der Waals surface area contributed by atoms with Gasteiger partial charge in [0.25, 0.3) is 6.67 Å². The molecular formula is C39H91N17O. The molecule has 0 aliphatic carbocycles. The topological polar surface area (TPSA) is 350 Å². The average molecular weight is 814 g/mol. The molecule has 18 heteroatoms. The molecule has 0 aliphatic heterocycles. The molecule has 0 aliphatic rings. The average Bonchev–Trinajstić information content (AvgIpc) is 3.23. The molecule has 0 spiro atoms. The lowest BCUT2D eigenvalue weighted by molar-refractivity contribution is 0.348. The van der Waals surface area contributed by atoms with Gasteiger partial charge in [-0.2, -0.15) is 15.8 Å². The van der Waals surface area contributed by atoms with Crippen molar-refractivity contribution in [3.63, 3.8) is 0 Å². The molecule has 0 aromatic heterocycles. The molecule has 0 saturated carbocycles. The lowest BCUT2D eigenvalue weighted by Gasteiger charge is -2.03. The summed E-state index contributed by atoms with van der Waals surface area (Å²) in [5.41, 5.74) is 37.0. The van der Waals surface area contributed by atoms with Gasteiger partial charge in [0.05, 0.1) is 31.3 Å². The molecule has 21 N–H and O–H groups in total. The van der Waals surface area contributed by atoms with Crippen LogP contribution >= 0.6 is 0 Å². The van der Waals surface area contributed by atoms with Gasteiger partial charge in [-0.15, -0.1) is 0 Å². The van der Waals surface area contributed by atoms with E-state index in [4.69, 9.17) is 67.6 Å². The van der Waals surface area contributed by atoms with E-state index in [1.165, 1.54) is 44.6 Å². The van der Waals surface area contributed by atoms with E-state index in [0.717, 1.165) is 163 Å². The summed E-state index contributed by atoms with van der Waals surface area (Å²) >= 11 is 0. The Morgan fingerprint density at radius 3 is 0.877 bits per heavy atom. The van der Waals surface area contributed by atoms with E-state index in [1.807, 2.05) is 12.1 Å². The van der Waals surface area contributed by atoms with Crippen LogP contribution < -0.4 is 72.0 Å². The number of aliphatic hydroxyl groups is 1. The Balaban J connectivity index is -0.000000141. The maximum absolute atomic E-state index is 8.22. The summed E-state index contributed by atoms with van der Waals surface area (Å²) < 4.78 is 0. The fourth-order valence-electron chi connectivity index (χ4n) is 4.07. The smallest absolute Gasteiger partial charge is 0.268 e. The van der Waals surface area contributed by atoms with Crippen LogP contribution in [0.25, 0.3) is 4.85 Å². The molecule has 0 atom stereocenters. The first kappa shape index (κ1) is 66.2. The van der Waals surface area contributed by atoms with Crippen molar-refractivity contribution in [2.45, 2.75) is 96.3 Å². The van der Waals surface area contributed by atoms with Crippen LogP contribution in [-0.2, 0) is 0 Å². The first-order chi connectivity index (χ1) is 28.0. The SMILES string of the molecule is N#CCNCCCCCN.N#CCO.NCCCCCN.NCCCCCNCCN.NCCNCCCCCNCCN.[C-]#[N+]CNCCCCCNCC#N. The molecular weight excluding hydrogens is 723 g/mol. The maximum Gasteiger partial charge on any atom is 0.268 e. The van der Waals surface area contributed by atoms with Crippen LogP contribution in [0.15, 0.2) is 0 Å². The fourth-order valence-corrected chi connectivity index (χ4v) is 4.07. The van der Waals surface area contributed by atoms with Gasteiger partial charge in [0.2, 0.25) is 0 Å². The van der Waals surface area contributed by atoms with Crippen LogP contribution in [0.3, 0.4) is 0 Å². The van der Waals surface area contributed by atoms with Gasteiger partial charge in [-0.1, -0.05) is 32.1 Å². The van der Waals surface area contributed by atoms with Crippen LogP contribution in [-0.4, -0.2) is 136 Å². The number of hydrogen-bond donors (Lipinski definition) is 14. The first-order valence-corrected chi connectivity index (χ1v) is 21.2. The lowest BCUT2D eigenvalue weighted by atomic mass is 10.2. The van der Waals surface area contributed by atoms with Gasteiger partial charge in [0, 0.05) is 45.8 Å². The van der Waals surface area contributed by atoms with Gasteiger partial charge in [-0.3, -0.25) is 10.2 Å². The number of unbranched alkanes of at least 4 members (excludes halogenated alkanes) is 10. The number of nitrogens with zero attached hydrogens (tertiary/aromatic N) is 4. The van der Waals surface area contributed by atoms with Crippen molar-refractivity contribution in [2.75, 3.05) is 131 Å². The predicted molar refractivity (Wildman–Crippen MR) is 240 cm³/mol. The van der Waals surface area contributed by atoms with Crippen molar-refractivity contribution in [3.8, 4) is 18.2 Å². The second-order valence-corrected chi connectivity index (χ2v) is 12.4. The molecule has 0 aromatic rings. The van der Waals surface area contributed by atoms with Crippen LogP contribution in [0.1, 0.15) is 96.3 Å². The van der Waals surface area contributed by atoms with E-state index in [2.05, 4.69) is 36.7 Å². The number of nitriles is 3. The number of hydrogen-bond acceptors (Lipinski definition) is 17. The quantitative estimate of drug-likeness (QED) is 0.0165. The van der Waals surface area contributed by atoms with Crippen molar-refractivity contribution in [2.24, 2.45) is 40.1 Å². The van der Waals surface area contributed by atoms with E-state index in [9.17, 15) is 0 Å².